The summed E-state index contributed by atoms with van der Waals surface area (Å²) in [4.78, 5) is 25.2. The molecule has 0 unspecified atom stereocenters. The number of ether oxygens (including phenoxy) is 1. The number of aryl methyl sites for hydroxylation is 1. The van der Waals surface area contributed by atoms with Crippen molar-refractivity contribution in [3.63, 3.8) is 0 Å². The van der Waals surface area contributed by atoms with E-state index < -0.39 is 0 Å². The molecular formula is C15H18N2O3. The predicted molar refractivity (Wildman–Crippen MR) is 74.7 cm³/mol. The van der Waals surface area contributed by atoms with Gasteiger partial charge in [0.1, 0.15) is 5.75 Å². The van der Waals surface area contributed by atoms with Gasteiger partial charge in [-0.1, -0.05) is 6.07 Å². The number of hydrogen-bond donors (Lipinski definition) is 1. The molecule has 0 bridgehead atoms. The van der Waals surface area contributed by atoms with Crippen LogP contribution in [-0.2, 0) is 16.0 Å². The molecule has 0 aliphatic carbocycles. The lowest BCUT2D eigenvalue weighted by Gasteiger charge is -2.19. The van der Waals surface area contributed by atoms with E-state index in [2.05, 4.69) is 5.32 Å². The smallest absolute Gasteiger partial charge is 0.262 e. The van der Waals surface area contributed by atoms with Crippen LogP contribution in [0.4, 0.5) is 5.69 Å². The first-order valence-electron chi connectivity index (χ1n) is 7.06. The van der Waals surface area contributed by atoms with Crippen molar-refractivity contribution in [3.05, 3.63) is 23.8 Å². The highest BCUT2D eigenvalue weighted by atomic mass is 16.5. The van der Waals surface area contributed by atoms with E-state index in [-0.39, 0.29) is 18.4 Å². The fourth-order valence-corrected chi connectivity index (χ4v) is 2.66. The van der Waals surface area contributed by atoms with Gasteiger partial charge in [0, 0.05) is 19.5 Å². The van der Waals surface area contributed by atoms with Crippen molar-refractivity contribution < 1.29 is 14.3 Å². The Hall–Kier alpha value is -2.04. The molecule has 0 saturated carbocycles. The molecule has 5 nitrogen and oxygen atoms in total. The van der Waals surface area contributed by atoms with Gasteiger partial charge in [0.25, 0.3) is 5.91 Å². The number of amides is 2. The summed E-state index contributed by atoms with van der Waals surface area (Å²) < 4.78 is 5.31. The van der Waals surface area contributed by atoms with E-state index in [0.717, 1.165) is 31.5 Å². The molecule has 1 aromatic carbocycles. The number of nitrogens with one attached hydrogen (secondary N) is 1. The van der Waals surface area contributed by atoms with Crippen LogP contribution in [-0.4, -0.2) is 36.4 Å². The maximum atomic E-state index is 12.0. The van der Waals surface area contributed by atoms with Crippen LogP contribution in [0.5, 0.6) is 5.75 Å². The van der Waals surface area contributed by atoms with E-state index >= 15 is 0 Å². The zero-order valence-electron chi connectivity index (χ0n) is 11.4. The maximum Gasteiger partial charge on any atom is 0.262 e. The van der Waals surface area contributed by atoms with Gasteiger partial charge in [-0.05, 0) is 37.0 Å². The van der Waals surface area contributed by atoms with Crippen LogP contribution in [0.2, 0.25) is 0 Å². The SMILES string of the molecule is O=C1COc2ccc(CCC(=O)N3CCCC3)cc2N1. The third-order valence-corrected chi connectivity index (χ3v) is 3.76. The molecule has 106 valence electrons. The van der Waals surface area contributed by atoms with Crippen molar-refractivity contribution in [2.75, 3.05) is 25.0 Å². The highest BCUT2D eigenvalue weighted by molar-refractivity contribution is 5.95. The second-order valence-corrected chi connectivity index (χ2v) is 5.26. The van der Waals surface area contributed by atoms with Gasteiger partial charge in [-0.15, -0.1) is 0 Å². The molecule has 2 aliphatic heterocycles. The van der Waals surface area contributed by atoms with Crippen LogP contribution in [0.15, 0.2) is 18.2 Å². The second-order valence-electron chi connectivity index (χ2n) is 5.26. The van der Waals surface area contributed by atoms with E-state index in [9.17, 15) is 9.59 Å². The van der Waals surface area contributed by atoms with E-state index in [1.54, 1.807) is 0 Å². The summed E-state index contributed by atoms with van der Waals surface area (Å²) >= 11 is 0. The quantitative estimate of drug-likeness (QED) is 0.910. The van der Waals surface area contributed by atoms with Gasteiger partial charge < -0.3 is 15.0 Å². The number of anilines is 1. The topological polar surface area (TPSA) is 58.6 Å². The lowest BCUT2D eigenvalue weighted by Crippen LogP contribution is -2.27. The first kappa shape index (κ1) is 13.0. The first-order chi connectivity index (χ1) is 9.72. The van der Waals surface area contributed by atoms with Gasteiger partial charge in [0.2, 0.25) is 5.91 Å². The van der Waals surface area contributed by atoms with Gasteiger partial charge in [-0.25, -0.2) is 0 Å². The van der Waals surface area contributed by atoms with Crippen molar-refractivity contribution in [1.82, 2.24) is 4.90 Å². The maximum absolute atomic E-state index is 12.0. The average Bonchev–Trinajstić information content (AvgIpc) is 2.98. The van der Waals surface area contributed by atoms with Crippen molar-refractivity contribution in [1.29, 1.82) is 0 Å². The Morgan fingerprint density at radius 3 is 2.90 bits per heavy atom. The summed E-state index contributed by atoms with van der Waals surface area (Å²) in [6.07, 6.45) is 3.45. The highest BCUT2D eigenvalue weighted by Gasteiger charge is 2.19. The summed E-state index contributed by atoms with van der Waals surface area (Å²) in [5, 5.41) is 2.78. The monoisotopic (exact) mass is 274 g/mol. The number of hydrogen-bond acceptors (Lipinski definition) is 3. The zero-order chi connectivity index (χ0) is 13.9. The van der Waals surface area contributed by atoms with E-state index in [1.807, 2.05) is 23.1 Å². The molecule has 2 aliphatic rings. The number of carbonyl (C=O) groups excluding carboxylic acids is 2. The molecule has 1 N–H and O–H groups in total. The van der Waals surface area contributed by atoms with E-state index in [0.29, 0.717) is 24.3 Å². The van der Waals surface area contributed by atoms with Gasteiger partial charge in [-0.3, -0.25) is 9.59 Å². The van der Waals surface area contributed by atoms with Crippen molar-refractivity contribution in [2.45, 2.75) is 25.7 Å². The molecular weight excluding hydrogens is 256 g/mol. The van der Waals surface area contributed by atoms with Gasteiger partial charge in [-0.2, -0.15) is 0 Å². The number of rotatable bonds is 3. The second kappa shape index (κ2) is 5.53. The highest BCUT2D eigenvalue weighted by Crippen LogP contribution is 2.28. The fraction of sp³-hybridized carbons (Fsp3) is 0.467. The molecule has 3 rings (SSSR count). The molecule has 1 aromatic rings. The first-order valence-corrected chi connectivity index (χ1v) is 7.06. The number of nitrogens with zero attached hydrogens (tertiary/aromatic N) is 1. The van der Waals surface area contributed by atoms with E-state index in [1.165, 1.54) is 0 Å². The minimum absolute atomic E-state index is 0.0692. The van der Waals surface area contributed by atoms with Crippen LogP contribution < -0.4 is 10.1 Å². The van der Waals surface area contributed by atoms with Crippen molar-refractivity contribution in [3.8, 4) is 5.75 Å². The van der Waals surface area contributed by atoms with Crippen LogP contribution in [0.3, 0.4) is 0 Å². The Morgan fingerprint density at radius 1 is 1.30 bits per heavy atom. The molecule has 20 heavy (non-hydrogen) atoms. The van der Waals surface area contributed by atoms with Gasteiger partial charge in [0.05, 0.1) is 5.69 Å². The Labute approximate surface area is 117 Å². The lowest BCUT2D eigenvalue weighted by atomic mass is 10.1. The summed E-state index contributed by atoms with van der Waals surface area (Å²) in [6.45, 7) is 1.86. The van der Waals surface area contributed by atoms with Crippen LogP contribution in [0.25, 0.3) is 0 Å². The minimum atomic E-state index is -0.136. The lowest BCUT2D eigenvalue weighted by molar-refractivity contribution is -0.130. The zero-order valence-corrected chi connectivity index (χ0v) is 11.4. The average molecular weight is 274 g/mol. The van der Waals surface area contributed by atoms with Crippen molar-refractivity contribution in [2.24, 2.45) is 0 Å². The molecule has 0 spiro atoms. The number of likely N-dealkylation sites (tertiary alicyclic amines) is 1. The predicted octanol–water partition coefficient (Wildman–Crippen LogP) is 1.57. The number of benzene rings is 1. The molecule has 0 aromatic heterocycles. The third kappa shape index (κ3) is 2.76. The Bertz CT molecular complexity index is 536. The number of fused-ring (bicyclic) bond motifs is 1. The molecule has 2 heterocycles. The van der Waals surface area contributed by atoms with Gasteiger partial charge >= 0.3 is 0 Å². The molecule has 0 radical (unpaired) electrons. The molecule has 2 amide bonds. The summed E-state index contributed by atoms with van der Waals surface area (Å²) in [6, 6.07) is 5.70. The fourth-order valence-electron chi connectivity index (χ4n) is 2.66. The summed E-state index contributed by atoms with van der Waals surface area (Å²) in [7, 11) is 0. The Morgan fingerprint density at radius 2 is 2.10 bits per heavy atom. The van der Waals surface area contributed by atoms with E-state index in [4.69, 9.17) is 4.74 Å². The summed E-state index contributed by atoms with van der Waals surface area (Å²) in [5.41, 5.74) is 1.74. The van der Waals surface area contributed by atoms with Crippen molar-refractivity contribution >= 4 is 17.5 Å². The van der Waals surface area contributed by atoms with Crippen LogP contribution in [0.1, 0.15) is 24.8 Å². The van der Waals surface area contributed by atoms with Crippen LogP contribution >= 0.6 is 0 Å². The molecule has 1 saturated heterocycles. The minimum Gasteiger partial charge on any atom is -0.482 e. The Kier molecular flexibility index (Phi) is 3.58. The largest absolute Gasteiger partial charge is 0.482 e. The molecule has 0 atom stereocenters. The molecule has 5 heteroatoms. The van der Waals surface area contributed by atoms with Gasteiger partial charge in [0.15, 0.2) is 6.61 Å². The normalized spacial score (nSPS) is 17.4. The molecule has 1 fully saturated rings. The summed E-state index contributed by atoms with van der Waals surface area (Å²) in [5.74, 6) is 0.780. The van der Waals surface area contributed by atoms with Crippen LogP contribution in [0, 0.1) is 0 Å². The third-order valence-electron chi connectivity index (χ3n) is 3.76. The standard InChI is InChI=1S/C15H18N2O3/c18-14-10-20-13-5-3-11(9-12(13)16-14)4-6-15(19)17-7-1-2-8-17/h3,5,9H,1-2,4,6-8,10H2,(H,16,18). The Balaban J connectivity index is 1.61. The number of carbonyl (C=O) groups is 2.